The van der Waals surface area contributed by atoms with E-state index in [1.54, 1.807) is 20.8 Å². The Labute approximate surface area is 129 Å². The van der Waals surface area contributed by atoms with Crippen molar-refractivity contribution in [1.29, 1.82) is 0 Å². The zero-order valence-electron chi connectivity index (χ0n) is 12.1. The number of ether oxygens (including phenoxy) is 1. The monoisotopic (exact) mass is 308 g/mol. The SMILES string of the molecule is C=C[C@@H](O)C#Cc1cc(Cl)ncc1NC(=O)OC(C)(C)C. The van der Waals surface area contributed by atoms with Crippen LogP contribution < -0.4 is 5.32 Å². The second kappa shape index (κ2) is 7.11. The molecule has 1 aromatic rings. The maximum atomic E-state index is 11.8. The van der Waals surface area contributed by atoms with E-state index in [0.717, 1.165) is 0 Å². The van der Waals surface area contributed by atoms with Crippen molar-refractivity contribution >= 4 is 23.4 Å². The Hall–Kier alpha value is -2.03. The molecule has 0 unspecified atom stereocenters. The number of anilines is 1. The number of pyridine rings is 1. The summed E-state index contributed by atoms with van der Waals surface area (Å²) in [6.07, 6.45) is 1.07. The Morgan fingerprint density at radius 2 is 2.29 bits per heavy atom. The number of rotatable bonds is 2. The third kappa shape index (κ3) is 6.30. The molecule has 0 aliphatic rings. The molecule has 0 saturated carbocycles. The van der Waals surface area contributed by atoms with E-state index in [0.29, 0.717) is 11.3 Å². The summed E-state index contributed by atoms with van der Waals surface area (Å²) >= 11 is 5.80. The minimum atomic E-state index is -0.966. The molecule has 0 saturated heterocycles. The normalized spacial score (nSPS) is 11.9. The van der Waals surface area contributed by atoms with Gasteiger partial charge in [-0.15, -0.1) is 0 Å². The van der Waals surface area contributed by atoms with E-state index < -0.39 is 17.8 Å². The highest BCUT2D eigenvalue weighted by Gasteiger charge is 2.17. The number of hydrogen-bond acceptors (Lipinski definition) is 4. The topological polar surface area (TPSA) is 71.5 Å². The van der Waals surface area contributed by atoms with Crippen LogP contribution in [-0.2, 0) is 4.74 Å². The van der Waals surface area contributed by atoms with E-state index in [4.69, 9.17) is 16.3 Å². The largest absolute Gasteiger partial charge is 0.444 e. The zero-order chi connectivity index (χ0) is 16.0. The molecule has 0 spiro atoms. The molecule has 0 aliphatic carbocycles. The van der Waals surface area contributed by atoms with Crippen molar-refractivity contribution < 1.29 is 14.6 Å². The Bertz CT molecular complexity index is 597. The summed E-state index contributed by atoms with van der Waals surface area (Å²) in [6.45, 7) is 8.69. The second-order valence-corrected chi connectivity index (χ2v) is 5.52. The van der Waals surface area contributed by atoms with Crippen LogP contribution in [-0.4, -0.2) is 27.9 Å². The molecule has 6 heteroatoms. The molecule has 0 radical (unpaired) electrons. The van der Waals surface area contributed by atoms with E-state index in [9.17, 15) is 9.90 Å². The van der Waals surface area contributed by atoms with Crippen molar-refractivity contribution in [2.45, 2.75) is 32.5 Å². The average molecular weight is 309 g/mol. The van der Waals surface area contributed by atoms with Crippen LogP contribution in [0.3, 0.4) is 0 Å². The third-order valence-corrected chi connectivity index (χ3v) is 2.29. The molecule has 2 N–H and O–H groups in total. The number of nitrogens with zero attached hydrogens (tertiary/aromatic N) is 1. The van der Waals surface area contributed by atoms with E-state index in [1.165, 1.54) is 18.3 Å². The zero-order valence-corrected chi connectivity index (χ0v) is 12.9. The number of halogens is 1. The van der Waals surface area contributed by atoms with Gasteiger partial charge in [0.2, 0.25) is 0 Å². The minimum absolute atomic E-state index is 0.224. The summed E-state index contributed by atoms with van der Waals surface area (Å²) in [7, 11) is 0. The quantitative estimate of drug-likeness (QED) is 0.500. The smallest absolute Gasteiger partial charge is 0.412 e. The van der Waals surface area contributed by atoms with Crippen LogP contribution in [0.15, 0.2) is 24.9 Å². The van der Waals surface area contributed by atoms with Crippen LogP contribution in [0.4, 0.5) is 10.5 Å². The van der Waals surface area contributed by atoms with Crippen molar-refractivity contribution in [2.75, 3.05) is 5.32 Å². The molecule has 1 aromatic heterocycles. The summed E-state index contributed by atoms with van der Waals surface area (Å²) in [5.41, 5.74) is 0.147. The molecule has 112 valence electrons. The molecule has 0 bridgehead atoms. The third-order valence-electron chi connectivity index (χ3n) is 2.08. The van der Waals surface area contributed by atoms with Gasteiger partial charge in [0.25, 0.3) is 0 Å². The molecule has 5 nitrogen and oxygen atoms in total. The highest BCUT2D eigenvalue weighted by Crippen LogP contribution is 2.18. The van der Waals surface area contributed by atoms with Gasteiger partial charge in [0.1, 0.15) is 16.9 Å². The Morgan fingerprint density at radius 3 is 2.86 bits per heavy atom. The number of nitrogens with one attached hydrogen (secondary N) is 1. The minimum Gasteiger partial charge on any atom is -0.444 e. The van der Waals surface area contributed by atoms with Crippen molar-refractivity contribution in [2.24, 2.45) is 0 Å². The number of carbonyl (C=O) groups excluding carboxylic acids is 1. The van der Waals surface area contributed by atoms with Gasteiger partial charge >= 0.3 is 6.09 Å². The highest BCUT2D eigenvalue weighted by atomic mass is 35.5. The van der Waals surface area contributed by atoms with E-state index in [2.05, 4.69) is 28.7 Å². The highest BCUT2D eigenvalue weighted by molar-refractivity contribution is 6.29. The lowest BCUT2D eigenvalue weighted by molar-refractivity contribution is 0.0636. The predicted octanol–water partition coefficient (Wildman–Crippen LogP) is 2.98. The van der Waals surface area contributed by atoms with Crippen molar-refractivity contribution in [3.63, 3.8) is 0 Å². The maximum Gasteiger partial charge on any atom is 0.412 e. The van der Waals surface area contributed by atoms with Crippen molar-refractivity contribution in [1.82, 2.24) is 4.98 Å². The van der Waals surface area contributed by atoms with Crippen LogP contribution in [0.5, 0.6) is 0 Å². The van der Waals surface area contributed by atoms with E-state index in [1.807, 2.05) is 0 Å². The summed E-state index contributed by atoms with van der Waals surface area (Å²) in [4.78, 5) is 15.6. The average Bonchev–Trinajstić information content (AvgIpc) is 2.36. The Balaban J connectivity index is 2.98. The summed E-state index contributed by atoms with van der Waals surface area (Å²) in [6, 6.07) is 1.48. The molecular formula is C15H17ClN2O3. The van der Waals surface area contributed by atoms with Gasteiger partial charge in [0, 0.05) is 0 Å². The summed E-state index contributed by atoms with van der Waals surface area (Å²) in [5.74, 6) is 5.25. The van der Waals surface area contributed by atoms with Gasteiger partial charge < -0.3 is 9.84 Å². The van der Waals surface area contributed by atoms with Crippen LogP contribution in [0.1, 0.15) is 26.3 Å². The predicted molar refractivity (Wildman–Crippen MR) is 82.2 cm³/mol. The Kier molecular flexibility index (Phi) is 5.77. The van der Waals surface area contributed by atoms with Crippen molar-refractivity contribution in [3.8, 4) is 11.8 Å². The van der Waals surface area contributed by atoms with E-state index >= 15 is 0 Å². The molecule has 21 heavy (non-hydrogen) atoms. The first-order valence-electron chi connectivity index (χ1n) is 6.19. The van der Waals surface area contributed by atoms with Gasteiger partial charge in [-0.1, -0.05) is 36.1 Å². The molecular weight excluding hydrogens is 292 g/mol. The van der Waals surface area contributed by atoms with Crippen molar-refractivity contribution in [3.05, 3.63) is 35.6 Å². The molecule has 0 aromatic carbocycles. The van der Waals surface area contributed by atoms with Gasteiger partial charge in [-0.25, -0.2) is 9.78 Å². The number of amides is 1. The fourth-order valence-corrected chi connectivity index (χ4v) is 1.41. The molecule has 1 atom stereocenters. The van der Waals surface area contributed by atoms with Crippen LogP contribution in [0, 0.1) is 11.8 Å². The second-order valence-electron chi connectivity index (χ2n) is 5.13. The number of hydrogen-bond donors (Lipinski definition) is 2. The fraction of sp³-hybridized carbons (Fsp3) is 0.333. The number of aliphatic hydroxyl groups excluding tert-OH is 1. The van der Waals surface area contributed by atoms with Gasteiger partial charge in [0.05, 0.1) is 17.4 Å². The Morgan fingerprint density at radius 1 is 1.62 bits per heavy atom. The summed E-state index contributed by atoms with van der Waals surface area (Å²) < 4.78 is 5.15. The molecule has 1 amide bonds. The number of aliphatic hydroxyl groups is 1. The lowest BCUT2D eigenvalue weighted by atomic mass is 10.2. The van der Waals surface area contributed by atoms with Gasteiger partial charge in [-0.05, 0) is 26.8 Å². The number of carbonyl (C=O) groups is 1. The standard InChI is InChI=1S/C15H17ClN2O3/c1-5-11(19)7-6-10-8-13(16)17-9-12(10)18-14(20)21-15(2,3)4/h5,8-9,11,19H,1H2,2-4H3,(H,18,20)/t11-/m1/s1. The first kappa shape index (κ1) is 17.0. The molecule has 0 aliphatic heterocycles. The molecule has 1 rings (SSSR count). The lowest BCUT2D eigenvalue weighted by Crippen LogP contribution is -2.27. The van der Waals surface area contributed by atoms with Gasteiger partial charge in [0.15, 0.2) is 0 Å². The van der Waals surface area contributed by atoms with Crippen LogP contribution in [0.2, 0.25) is 5.15 Å². The molecule has 1 heterocycles. The maximum absolute atomic E-state index is 11.8. The lowest BCUT2D eigenvalue weighted by Gasteiger charge is -2.19. The fourth-order valence-electron chi connectivity index (χ4n) is 1.26. The van der Waals surface area contributed by atoms with Crippen LogP contribution >= 0.6 is 11.6 Å². The summed E-state index contributed by atoms with van der Waals surface area (Å²) in [5, 5.41) is 12.1. The van der Waals surface area contributed by atoms with Crippen LogP contribution in [0.25, 0.3) is 0 Å². The van der Waals surface area contributed by atoms with E-state index in [-0.39, 0.29) is 5.15 Å². The molecule has 0 fully saturated rings. The van der Waals surface area contributed by atoms with Gasteiger partial charge in [-0.3, -0.25) is 5.32 Å². The van der Waals surface area contributed by atoms with Gasteiger partial charge in [-0.2, -0.15) is 0 Å². The first-order chi connectivity index (χ1) is 9.71. The number of aromatic nitrogens is 1. The first-order valence-corrected chi connectivity index (χ1v) is 6.57.